The fraction of sp³-hybridized carbons (Fsp3) is 0.783. The van der Waals surface area contributed by atoms with Crippen molar-refractivity contribution >= 4 is 5.97 Å². The lowest BCUT2D eigenvalue weighted by atomic mass is 9.65. The molecule has 0 radical (unpaired) electrons. The summed E-state index contributed by atoms with van der Waals surface area (Å²) in [5.41, 5.74) is 3.42. The first kappa shape index (κ1) is 21.4. The Hall–Kier alpha value is -0.360. The minimum absolute atomic E-state index is 0. The summed E-state index contributed by atoms with van der Waals surface area (Å²) in [5, 5.41) is 0. The molecule has 2 heterocycles. The zero-order valence-electron chi connectivity index (χ0n) is 17.6. The van der Waals surface area contributed by atoms with E-state index in [2.05, 4.69) is 47.0 Å². The molecule has 4 aliphatic rings. The normalized spacial score (nSPS) is 40.6. The summed E-state index contributed by atoms with van der Waals surface area (Å²) in [6.45, 7) is 6.91. The van der Waals surface area contributed by atoms with E-state index in [0.717, 1.165) is 10.9 Å². The van der Waals surface area contributed by atoms with Crippen LogP contribution in [0, 0.1) is 17.8 Å². The second-order valence-electron chi connectivity index (χ2n) is 10.2. The average Bonchev–Trinajstić information content (AvgIpc) is 2.98. The van der Waals surface area contributed by atoms with Crippen LogP contribution in [0.5, 0.6) is 0 Å². The van der Waals surface area contributed by atoms with Crippen LogP contribution in [0.1, 0.15) is 65.7 Å². The van der Waals surface area contributed by atoms with Gasteiger partial charge in [0.05, 0.1) is 31.6 Å². The number of quaternary nitrogens is 1. The molecule has 0 spiro atoms. The molecule has 0 N–H and O–H groups in total. The van der Waals surface area contributed by atoms with E-state index in [4.69, 9.17) is 4.74 Å². The monoisotopic (exact) mass is 485 g/mol. The van der Waals surface area contributed by atoms with Crippen LogP contribution in [0.15, 0.2) is 23.3 Å². The van der Waals surface area contributed by atoms with E-state index in [1.807, 2.05) is 0 Å². The number of cyclic esters (lactones) is 1. The zero-order valence-corrected chi connectivity index (χ0v) is 19.8. The van der Waals surface area contributed by atoms with Crippen LogP contribution in [-0.2, 0) is 9.53 Å². The van der Waals surface area contributed by atoms with Gasteiger partial charge in [-0.05, 0) is 40.0 Å². The summed E-state index contributed by atoms with van der Waals surface area (Å²) >= 11 is 0. The Kier molecular flexibility index (Phi) is 5.91. The number of carbonyl (C=O) groups is 1. The fourth-order valence-corrected chi connectivity index (χ4v) is 6.06. The first-order valence-electron chi connectivity index (χ1n) is 10.7. The summed E-state index contributed by atoms with van der Waals surface area (Å²) in [6, 6.07) is 0.683. The van der Waals surface area contributed by atoms with Crippen LogP contribution in [0.4, 0.5) is 0 Å². The van der Waals surface area contributed by atoms with Crippen LogP contribution in [0.2, 0.25) is 0 Å². The molecule has 0 bridgehead atoms. The van der Waals surface area contributed by atoms with Crippen LogP contribution in [0.3, 0.4) is 0 Å². The molecule has 3 nitrogen and oxygen atoms in total. The van der Waals surface area contributed by atoms with Gasteiger partial charge in [-0.25, -0.2) is 0 Å². The van der Waals surface area contributed by atoms with Crippen molar-refractivity contribution in [3.8, 4) is 0 Å². The summed E-state index contributed by atoms with van der Waals surface area (Å²) in [4.78, 5) is 12.4. The van der Waals surface area contributed by atoms with Crippen LogP contribution < -0.4 is 24.0 Å². The zero-order chi connectivity index (χ0) is 18.7. The molecule has 0 aromatic rings. The highest BCUT2D eigenvalue weighted by Gasteiger charge is 2.50. The second-order valence-corrected chi connectivity index (χ2v) is 10.2. The molecular formula is C23H36INO2. The van der Waals surface area contributed by atoms with Gasteiger partial charge in [0.1, 0.15) is 6.10 Å². The second kappa shape index (κ2) is 7.47. The van der Waals surface area contributed by atoms with Gasteiger partial charge in [0.25, 0.3) is 0 Å². The maximum absolute atomic E-state index is 12.4. The maximum Gasteiger partial charge on any atom is 0.313 e. The Labute approximate surface area is 182 Å². The average molecular weight is 485 g/mol. The molecule has 0 aromatic carbocycles. The van der Waals surface area contributed by atoms with E-state index in [1.54, 1.807) is 0 Å². The molecular weight excluding hydrogens is 449 g/mol. The number of hydrogen-bond acceptors (Lipinski definition) is 2. The van der Waals surface area contributed by atoms with Crippen molar-refractivity contribution in [1.29, 1.82) is 0 Å². The summed E-state index contributed by atoms with van der Waals surface area (Å²) in [5.74, 6) is 0.831. The number of hydrogen-bond donors (Lipinski definition) is 0. The molecule has 0 amide bonds. The molecule has 1 unspecified atom stereocenters. The van der Waals surface area contributed by atoms with E-state index < -0.39 is 0 Å². The fourth-order valence-electron chi connectivity index (χ4n) is 6.06. The van der Waals surface area contributed by atoms with E-state index in [0.29, 0.717) is 17.5 Å². The Bertz CT molecular complexity index is 663. The van der Waals surface area contributed by atoms with Crippen LogP contribution in [0.25, 0.3) is 0 Å². The molecule has 2 aliphatic heterocycles. The molecule has 1 saturated carbocycles. The minimum Gasteiger partial charge on any atom is -1.00 e. The van der Waals surface area contributed by atoms with E-state index in [1.165, 1.54) is 49.7 Å². The standard InChI is InChI=1S/C23H36NO2.HI/c1-15-21-19(11-10-17-12-13-23(2,3)24(17,4)5)18-9-7-6-8-16(18)14-20(21)22(25)26-15;/h11,14-15,17-18,20-21H,6-10,12-13H2,1-5H3;1H/q+1;/p-1/b19-11-;/t15-,17?,18-,20-,21+;/m0./s1. The summed E-state index contributed by atoms with van der Waals surface area (Å²) in [6.07, 6.45) is 13.6. The third kappa shape index (κ3) is 3.43. The predicted octanol–water partition coefficient (Wildman–Crippen LogP) is 1.63. The highest BCUT2D eigenvalue weighted by Crippen LogP contribution is 2.50. The van der Waals surface area contributed by atoms with Gasteiger partial charge in [0, 0.05) is 31.1 Å². The van der Waals surface area contributed by atoms with E-state index >= 15 is 0 Å². The largest absolute Gasteiger partial charge is 1.00 e. The third-order valence-electron chi connectivity index (χ3n) is 8.49. The van der Waals surface area contributed by atoms with Gasteiger partial charge in [-0.3, -0.25) is 4.79 Å². The third-order valence-corrected chi connectivity index (χ3v) is 8.49. The van der Waals surface area contributed by atoms with Crippen molar-refractivity contribution in [3.63, 3.8) is 0 Å². The lowest BCUT2D eigenvalue weighted by Crippen LogP contribution is -3.00. The maximum atomic E-state index is 12.4. The summed E-state index contributed by atoms with van der Waals surface area (Å²) < 4.78 is 6.76. The number of esters is 1. The molecule has 2 saturated heterocycles. The minimum atomic E-state index is -0.0249. The number of likely N-dealkylation sites (tertiary alicyclic amines) is 1. The van der Waals surface area contributed by atoms with Gasteiger partial charge in [0.15, 0.2) is 0 Å². The highest BCUT2D eigenvalue weighted by atomic mass is 127. The number of ether oxygens (including phenoxy) is 1. The van der Waals surface area contributed by atoms with E-state index in [-0.39, 0.29) is 47.9 Å². The van der Waals surface area contributed by atoms with Gasteiger partial charge in [0.2, 0.25) is 0 Å². The van der Waals surface area contributed by atoms with Crippen molar-refractivity contribution in [2.45, 2.75) is 83.4 Å². The molecule has 4 heteroatoms. The van der Waals surface area contributed by atoms with Crippen molar-refractivity contribution < 1.29 is 38.0 Å². The van der Waals surface area contributed by atoms with Gasteiger partial charge >= 0.3 is 5.97 Å². The highest BCUT2D eigenvalue weighted by molar-refractivity contribution is 5.79. The Morgan fingerprint density at radius 1 is 1.26 bits per heavy atom. The number of nitrogens with zero attached hydrogens (tertiary/aromatic N) is 1. The number of carbonyl (C=O) groups excluding carboxylic acids is 1. The SMILES string of the molecule is C[C@@H]1OC(=O)[C@H]2C=C3CCCC[C@@H]3/C(=C/CC3CCC(C)(C)[N+]3(C)C)[C@@H]12.[I-]. The Morgan fingerprint density at radius 2 is 2.00 bits per heavy atom. The van der Waals surface area contributed by atoms with Gasteiger partial charge < -0.3 is 33.2 Å². The number of fused-ring (bicyclic) bond motifs is 2. The van der Waals surface area contributed by atoms with Gasteiger partial charge in [-0.1, -0.05) is 29.7 Å². The lowest BCUT2D eigenvalue weighted by Gasteiger charge is -2.43. The Balaban J connectivity index is 0.00000210. The van der Waals surface area contributed by atoms with Crippen molar-refractivity contribution in [2.24, 2.45) is 17.8 Å². The number of rotatable bonds is 2. The Morgan fingerprint density at radius 3 is 2.67 bits per heavy atom. The summed E-state index contributed by atoms with van der Waals surface area (Å²) in [7, 11) is 4.80. The molecule has 2 aliphatic carbocycles. The lowest BCUT2D eigenvalue weighted by molar-refractivity contribution is -0.946. The molecule has 3 fully saturated rings. The smallest absolute Gasteiger partial charge is 0.313 e. The number of allylic oxidation sites excluding steroid dienone is 1. The van der Waals surface area contributed by atoms with Crippen LogP contribution >= 0.6 is 0 Å². The molecule has 5 atom stereocenters. The quantitative estimate of drug-likeness (QED) is 0.257. The van der Waals surface area contributed by atoms with Crippen LogP contribution in [-0.4, -0.2) is 42.2 Å². The van der Waals surface area contributed by atoms with E-state index in [9.17, 15) is 4.79 Å². The van der Waals surface area contributed by atoms with Crippen molar-refractivity contribution in [2.75, 3.05) is 14.1 Å². The predicted molar refractivity (Wildman–Crippen MR) is 104 cm³/mol. The number of halogens is 1. The van der Waals surface area contributed by atoms with Crippen molar-refractivity contribution in [1.82, 2.24) is 0 Å². The molecule has 4 rings (SSSR count). The molecule has 27 heavy (non-hydrogen) atoms. The van der Waals surface area contributed by atoms with Crippen molar-refractivity contribution in [3.05, 3.63) is 23.3 Å². The van der Waals surface area contributed by atoms with Gasteiger partial charge in [-0.2, -0.15) is 0 Å². The molecule has 0 aromatic heterocycles. The first-order valence-corrected chi connectivity index (χ1v) is 10.7. The topological polar surface area (TPSA) is 26.3 Å². The van der Waals surface area contributed by atoms with Gasteiger partial charge in [-0.15, -0.1) is 0 Å². The first-order chi connectivity index (χ1) is 12.2. The molecule has 152 valence electrons.